The summed E-state index contributed by atoms with van der Waals surface area (Å²) in [4.78, 5) is 16.5. The van der Waals surface area contributed by atoms with Crippen molar-refractivity contribution < 1.29 is 9.53 Å². The lowest BCUT2D eigenvalue weighted by Gasteiger charge is -2.09. The molecule has 2 rings (SSSR count). The molecule has 0 saturated carbocycles. The van der Waals surface area contributed by atoms with E-state index in [2.05, 4.69) is 4.98 Å². The molecule has 0 fully saturated rings. The molecule has 0 aliphatic rings. The molecule has 1 heterocycles. The van der Waals surface area contributed by atoms with Crippen molar-refractivity contribution in [1.29, 1.82) is 0 Å². The highest BCUT2D eigenvalue weighted by atomic mass is 32.2. The summed E-state index contributed by atoms with van der Waals surface area (Å²) in [6.07, 6.45) is 1.69. The van der Waals surface area contributed by atoms with Gasteiger partial charge in [0.2, 0.25) is 0 Å². The van der Waals surface area contributed by atoms with Gasteiger partial charge < -0.3 is 10.5 Å². The largest absolute Gasteiger partial charge is 0.465 e. The van der Waals surface area contributed by atoms with Gasteiger partial charge in [0.15, 0.2) is 0 Å². The Balaban J connectivity index is 2.40. The summed E-state index contributed by atoms with van der Waals surface area (Å²) in [5.41, 5.74) is 6.89. The van der Waals surface area contributed by atoms with E-state index in [1.54, 1.807) is 24.4 Å². The maximum atomic E-state index is 11.7. The average Bonchev–Trinajstić information content (AvgIpc) is 2.41. The number of nitrogen functional groups attached to an aromatic ring is 1. The summed E-state index contributed by atoms with van der Waals surface area (Å²) in [5, 5.41) is 0.778. The number of ether oxygens (including phenoxy) is 1. The van der Waals surface area contributed by atoms with Crippen LogP contribution in [0.15, 0.2) is 52.5 Å². The molecule has 0 spiro atoms. The van der Waals surface area contributed by atoms with Gasteiger partial charge >= 0.3 is 5.97 Å². The van der Waals surface area contributed by atoms with Gasteiger partial charge in [0, 0.05) is 11.9 Å². The first-order chi connectivity index (χ1) is 8.72. The van der Waals surface area contributed by atoms with Crippen LogP contribution in [-0.2, 0) is 4.74 Å². The van der Waals surface area contributed by atoms with Gasteiger partial charge in [-0.2, -0.15) is 0 Å². The number of hydrogen-bond acceptors (Lipinski definition) is 5. The number of pyridine rings is 1. The van der Waals surface area contributed by atoms with Gasteiger partial charge in [0.25, 0.3) is 0 Å². The summed E-state index contributed by atoms with van der Waals surface area (Å²) < 4.78 is 4.74. The Morgan fingerprint density at radius 2 is 2.11 bits per heavy atom. The van der Waals surface area contributed by atoms with E-state index < -0.39 is 5.97 Å². The third-order valence-electron chi connectivity index (χ3n) is 2.30. The highest BCUT2D eigenvalue weighted by Crippen LogP contribution is 2.34. The number of hydrogen-bond donors (Lipinski definition) is 1. The molecule has 18 heavy (non-hydrogen) atoms. The molecule has 5 heteroatoms. The second-order valence-electron chi connectivity index (χ2n) is 3.49. The zero-order valence-electron chi connectivity index (χ0n) is 9.79. The van der Waals surface area contributed by atoms with Crippen molar-refractivity contribution >= 4 is 23.4 Å². The highest BCUT2D eigenvalue weighted by Gasteiger charge is 2.15. The Bertz CT molecular complexity index is 558. The van der Waals surface area contributed by atoms with E-state index in [-0.39, 0.29) is 0 Å². The van der Waals surface area contributed by atoms with Crippen molar-refractivity contribution in [1.82, 2.24) is 4.98 Å². The summed E-state index contributed by atoms with van der Waals surface area (Å²) in [6, 6.07) is 10.7. The molecule has 1 aromatic heterocycles. The Labute approximate surface area is 109 Å². The SMILES string of the molecule is COC(=O)c1cccc(N)c1Sc1ccccn1. The molecule has 4 nitrogen and oxygen atoms in total. The molecule has 0 aliphatic heterocycles. The number of esters is 1. The van der Waals surface area contributed by atoms with Crippen molar-refractivity contribution in [2.75, 3.05) is 12.8 Å². The number of nitrogens with two attached hydrogens (primary N) is 1. The smallest absolute Gasteiger partial charge is 0.339 e. The van der Waals surface area contributed by atoms with Gasteiger partial charge in [0.05, 0.1) is 17.6 Å². The first-order valence-corrected chi connectivity index (χ1v) is 6.09. The standard InChI is InChI=1S/C13H12N2O2S/c1-17-13(16)9-5-4-6-10(14)12(9)18-11-7-2-3-8-15-11/h2-8H,14H2,1H3. The van der Waals surface area contributed by atoms with Crippen LogP contribution in [0.1, 0.15) is 10.4 Å². The second kappa shape index (κ2) is 5.55. The predicted molar refractivity (Wildman–Crippen MR) is 70.6 cm³/mol. The first kappa shape index (κ1) is 12.4. The number of anilines is 1. The highest BCUT2D eigenvalue weighted by molar-refractivity contribution is 7.99. The molecule has 1 aromatic carbocycles. The second-order valence-corrected chi connectivity index (χ2v) is 4.52. The van der Waals surface area contributed by atoms with E-state index in [4.69, 9.17) is 10.5 Å². The van der Waals surface area contributed by atoms with E-state index in [1.165, 1.54) is 18.9 Å². The van der Waals surface area contributed by atoms with Crippen LogP contribution in [0, 0.1) is 0 Å². The van der Waals surface area contributed by atoms with Gasteiger partial charge in [0.1, 0.15) is 5.03 Å². The van der Waals surface area contributed by atoms with E-state index in [9.17, 15) is 4.79 Å². The summed E-state index contributed by atoms with van der Waals surface area (Å²) in [7, 11) is 1.35. The maximum Gasteiger partial charge on any atom is 0.339 e. The molecule has 0 atom stereocenters. The van der Waals surface area contributed by atoms with Crippen molar-refractivity contribution in [2.24, 2.45) is 0 Å². The molecule has 0 unspecified atom stereocenters. The average molecular weight is 260 g/mol. The fourth-order valence-electron chi connectivity index (χ4n) is 1.45. The molecular formula is C13H12N2O2S. The van der Waals surface area contributed by atoms with E-state index in [0.717, 1.165) is 5.03 Å². The summed E-state index contributed by atoms with van der Waals surface area (Å²) >= 11 is 1.35. The molecule has 2 N–H and O–H groups in total. The zero-order chi connectivity index (χ0) is 13.0. The number of carbonyl (C=O) groups excluding carboxylic acids is 1. The third-order valence-corrected chi connectivity index (χ3v) is 3.41. The Kier molecular flexibility index (Phi) is 3.84. The van der Waals surface area contributed by atoms with Crippen molar-refractivity contribution in [3.63, 3.8) is 0 Å². The normalized spacial score (nSPS) is 10.1. The van der Waals surface area contributed by atoms with Crippen LogP contribution >= 0.6 is 11.8 Å². The number of aromatic nitrogens is 1. The molecule has 2 aromatic rings. The van der Waals surface area contributed by atoms with Crippen LogP contribution in [0.3, 0.4) is 0 Å². The zero-order valence-corrected chi connectivity index (χ0v) is 10.6. The molecule has 0 aliphatic carbocycles. The van der Waals surface area contributed by atoms with E-state index in [0.29, 0.717) is 16.1 Å². The van der Waals surface area contributed by atoms with Crippen molar-refractivity contribution in [3.05, 3.63) is 48.2 Å². The maximum absolute atomic E-state index is 11.7. The number of methoxy groups -OCH3 is 1. The quantitative estimate of drug-likeness (QED) is 0.678. The Morgan fingerprint density at radius 1 is 1.28 bits per heavy atom. The Morgan fingerprint density at radius 3 is 2.78 bits per heavy atom. The van der Waals surface area contributed by atoms with Gasteiger partial charge in [-0.05, 0) is 24.3 Å². The third kappa shape index (κ3) is 2.62. The molecule has 0 saturated heterocycles. The summed E-state index contributed by atoms with van der Waals surface area (Å²) in [6.45, 7) is 0. The lowest BCUT2D eigenvalue weighted by Crippen LogP contribution is -2.05. The molecular weight excluding hydrogens is 248 g/mol. The topological polar surface area (TPSA) is 65.2 Å². The van der Waals surface area contributed by atoms with Crippen molar-refractivity contribution in [2.45, 2.75) is 9.92 Å². The van der Waals surface area contributed by atoms with Gasteiger partial charge in [-0.3, -0.25) is 0 Å². The van der Waals surface area contributed by atoms with E-state index >= 15 is 0 Å². The number of benzene rings is 1. The van der Waals surface area contributed by atoms with Crippen LogP contribution in [0.5, 0.6) is 0 Å². The van der Waals surface area contributed by atoms with Crippen LogP contribution in [-0.4, -0.2) is 18.1 Å². The summed E-state index contributed by atoms with van der Waals surface area (Å²) in [5.74, 6) is -0.402. The monoisotopic (exact) mass is 260 g/mol. The van der Waals surface area contributed by atoms with Crippen LogP contribution in [0.4, 0.5) is 5.69 Å². The van der Waals surface area contributed by atoms with Gasteiger partial charge in [-0.15, -0.1) is 0 Å². The van der Waals surface area contributed by atoms with Crippen molar-refractivity contribution in [3.8, 4) is 0 Å². The minimum absolute atomic E-state index is 0.402. The number of carbonyl (C=O) groups is 1. The fraction of sp³-hybridized carbons (Fsp3) is 0.0769. The lowest BCUT2D eigenvalue weighted by molar-refractivity contribution is 0.0597. The number of nitrogens with zero attached hydrogens (tertiary/aromatic N) is 1. The molecule has 0 bridgehead atoms. The van der Waals surface area contributed by atoms with E-state index in [1.807, 2.05) is 18.2 Å². The first-order valence-electron chi connectivity index (χ1n) is 5.28. The lowest BCUT2D eigenvalue weighted by atomic mass is 10.2. The van der Waals surface area contributed by atoms with Crippen LogP contribution in [0.25, 0.3) is 0 Å². The van der Waals surface area contributed by atoms with Crippen LogP contribution in [0.2, 0.25) is 0 Å². The molecule has 0 radical (unpaired) electrons. The Hall–Kier alpha value is -2.01. The number of rotatable bonds is 3. The minimum atomic E-state index is -0.402. The molecule has 92 valence electrons. The van der Waals surface area contributed by atoms with Crippen LogP contribution < -0.4 is 5.73 Å². The predicted octanol–water partition coefficient (Wildman–Crippen LogP) is 2.60. The van der Waals surface area contributed by atoms with Gasteiger partial charge in [-0.25, -0.2) is 9.78 Å². The fourth-order valence-corrected chi connectivity index (χ4v) is 2.37. The minimum Gasteiger partial charge on any atom is -0.465 e. The van der Waals surface area contributed by atoms with Gasteiger partial charge in [-0.1, -0.05) is 23.9 Å². The molecule has 0 amide bonds.